The summed E-state index contributed by atoms with van der Waals surface area (Å²) in [5, 5.41) is 7.11. The minimum atomic E-state index is -0.536. The lowest BCUT2D eigenvalue weighted by Gasteiger charge is -2.15. The third-order valence-electron chi connectivity index (χ3n) is 2.30. The van der Waals surface area contributed by atoms with Crippen LogP contribution in [0.4, 0.5) is 4.79 Å². The molecule has 0 saturated carbocycles. The zero-order valence-corrected chi connectivity index (χ0v) is 11.7. The highest BCUT2D eigenvalue weighted by atomic mass is 32.2. The van der Waals surface area contributed by atoms with Gasteiger partial charge in [-0.1, -0.05) is 23.8 Å². The van der Waals surface area contributed by atoms with Gasteiger partial charge in [-0.2, -0.15) is 0 Å². The molecule has 1 atom stereocenters. The second kappa shape index (κ2) is 5.53. The van der Waals surface area contributed by atoms with E-state index in [0.717, 1.165) is 12.1 Å². The molecule has 1 N–H and O–H groups in total. The van der Waals surface area contributed by atoms with Crippen LogP contribution in [0, 0.1) is 0 Å². The van der Waals surface area contributed by atoms with Crippen molar-refractivity contribution in [3.63, 3.8) is 0 Å². The number of oxime groups is 1. The Hall–Kier alpha value is -1.04. The SMILES string of the molecule is CCC1(C)N=C(C)C(=NOC(=O)NC(C)C)S1. The summed E-state index contributed by atoms with van der Waals surface area (Å²) in [5.41, 5.74) is 0.816. The van der Waals surface area contributed by atoms with Crippen LogP contribution in [0.2, 0.25) is 0 Å². The number of carbonyl (C=O) groups excluding carboxylic acids is 1. The molecule has 0 saturated heterocycles. The largest absolute Gasteiger partial charge is 0.433 e. The number of nitrogens with zero attached hydrogens (tertiary/aromatic N) is 2. The number of nitrogens with one attached hydrogen (secondary N) is 1. The Morgan fingerprint density at radius 1 is 1.65 bits per heavy atom. The number of amides is 1. The van der Waals surface area contributed by atoms with Gasteiger partial charge in [-0.05, 0) is 34.1 Å². The second-order valence-electron chi connectivity index (χ2n) is 4.40. The van der Waals surface area contributed by atoms with Crippen LogP contribution >= 0.6 is 11.8 Å². The molecule has 0 aliphatic carbocycles. The van der Waals surface area contributed by atoms with Crippen molar-refractivity contribution in [1.82, 2.24) is 5.32 Å². The van der Waals surface area contributed by atoms with Gasteiger partial charge < -0.3 is 5.32 Å². The van der Waals surface area contributed by atoms with Crippen LogP contribution in [0.3, 0.4) is 0 Å². The van der Waals surface area contributed by atoms with Gasteiger partial charge in [-0.25, -0.2) is 4.79 Å². The molecule has 0 radical (unpaired) electrons. The number of thioether (sulfide) groups is 1. The Labute approximate surface area is 106 Å². The number of carbonyl (C=O) groups is 1. The Kier molecular flexibility index (Phi) is 4.56. The normalized spacial score (nSPS) is 26.2. The Bertz CT molecular complexity index is 366. The average Bonchev–Trinajstić information content (AvgIpc) is 2.51. The molecule has 1 rings (SSSR count). The van der Waals surface area contributed by atoms with E-state index in [0.29, 0.717) is 5.04 Å². The molecule has 1 heterocycles. The summed E-state index contributed by atoms with van der Waals surface area (Å²) in [4.78, 5) is 20.4. The molecular formula is C11H19N3O2S. The van der Waals surface area contributed by atoms with E-state index < -0.39 is 6.09 Å². The lowest BCUT2D eigenvalue weighted by atomic mass is 10.2. The van der Waals surface area contributed by atoms with Gasteiger partial charge in [-0.3, -0.25) is 9.83 Å². The van der Waals surface area contributed by atoms with E-state index in [2.05, 4.69) is 22.4 Å². The number of hydrogen-bond donors (Lipinski definition) is 1. The van der Waals surface area contributed by atoms with Gasteiger partial charge in [0.15, 0.2) is 5.04 Å². The Balaban J connectivity index is 2.59. The molecule has 5 nitrogen and oxygen atoms in total. The molecule has 6 heteroatoms. The second-order valence-corrected chi connectivity index (χ2v) is 5.87. The monoisotopic (exact) mass is 257 g/mol. The highest BCUT2D eigenvalue weighted by molar-refractivity contribution is 8.17. The molecule has 0 bridgehead atoms. The lowest BCUT2D eigenvalue weighted by molar-refractivity contribution is 0.148. The molecule has 17 heavy (non-hydrogen) atoms. The van der Waals surface area contributed by atoms with E-state index >= 15 is 0 Å². The zero-order chi connectivity index (χ0) is 13.1. The molecule has 0 aromatic heterocycles. The van der Waals surface area contributed by atoms with Gasteiger partial charge in [0.2, 0.25) is 0 Å². The van der Waals surface area contributed by atoms with Crippen molar-refractivity contribution >= 4 is 28.6 Å². The number of aliphatic imine (C=N–C) groups is 1. The zero-order valence-electron chi connectivity index (χ0n) is 10.9. The van der Waals surface area contributed by atoms with Crippen molar-refractivity contribution in [2.45, 2.75) is 52.0 Å². The molecule has 0 aromatic rings. The van der Waals surface area contributed by atoms with E-state index in [1.165, 1.54) is 11.8 Å². The topological polar surface area (TPSA) is 63.1 Å². The Morgan fingerprint density at radius 2 is 2.29 bits per heavy atom. The summed E-state index contributed by atoms with van der Waals surface area (Å²) in [6.45, 7) is 9.70. The summed E-state index contributed by atoms with van der Waals surface area (Å²) in [6.07, 6.45) is 0.373. The van der Waals surface area contributed by atoms with E-state index in [4.69, 9.17) is 4.84 Å². The van der Waals surface area contributed by atoms with Crippen LogP contribution in [-0.4, -0.2) is 27.8 Å². The van der Waals surface area contributed by atoms with Crippen molar-refractivity contribution < 1.29 is 9.63 Å². The van der Waals surface area contributed by atoms with E-state index in [9.17, 15) is 4.79 Å². The smallest absolute Gasteiger partial charge is 0.317 e. The van der Waals surface area contributed by atoms with Crippen molar-refractivity contribution in [1.29, 1.82) is 0 Å². The standard InChI is InChI=1S/C11H19N3O2S/c1-6-11(5)13-8(4)9(17-11)14-16-10(15)12-7(2)3/h7H,6H2,1-5H3,(H,12,15). The maximum Gasteiger partial charge on any atom is 0.433 e. The van der Waals surface area contributed by atoms with Crippen LogP contribution in [0.1, 0.15) is 41.0 Å². The maximum absolute atomic E-state index is 11.3. The van der Waals surface area contributed by atoms with Crippen LogP contribution in [-0.2, 0) is 4.84 Å². The molecule has 0 fully saturated rings. The molecular weight excluding hydrogens is 238 g/mol. The molecule has 1 aliphatic rings. The molecule has 1 aliphatic heterocycles. The van der Waals surface area contributed by atoms with E-state index in [-0.39, 0.29) is 10.9 Å². The quantitative estimate of drug-likeness (QED) is 0.624. The van der Waals surface area contributed by atoms with Crippen molar-refractivity contribution in [3.8, 4) is 0 Å². The molecule has 1 unspecified atom stereocenters. The summed E-state index contributed by atoms with van der Waals surface area (Å²) in [5.74, 6) is 0. The number of rotatable bonds is 3. The van der Waals surface area contributed by atoms with Crippen LogP contribution in [0.25, 0.3) is 0 Å². The first kappa shape index (κ1) is 14.0. The van der Waals surface area contributed by atoms with Gasteiger partial charge in [0, 0.05) is 6.04 Å². The van der Waals surface area contributed by atoms with E-state index in [1.54, 1.807) is 0 Å². The molecule has 0 spiro atoms. The molecule has 0 aromatic carbocycles. The first-order valence-electron chi connectivity index (χ1n) is 5.67. The summed E-state index contributed by atoms with van der Waals surface area (Å²) < 4.78 is 0. The van der Waals surface area contributed by atoms with Gasteiger partial charge >= 0.3 is 6.09 Å². The first-order valence-corrected chi connectivity index (χ1v) is 6.49. The molecule has 1 amide bonds. The van der Waals surface area contributed by atoms with Crippen molar-refractivity contribution in [2.75, 3.05) is 0 Å². The fraction of sp³-hybridized carbons (Fsp3) is 0.727. The molecule has 96 valence electrons. The fourth-order valence-electron chi connectivity index (χ4n) is 1.29. The van der Waals surface area contributed by atoms with Crippen molar-refractivity contribution in [2.24, 2.45) is 10.1 Å². The van der Waals surface area contributed by atoms with Crippen LogP contribution in [0.5, 0.6) is 0 Å². The first-order chi connectivity index (χ1) is 7.86. The van der Waals surface area contributed by atoms with Gasteiger partial charge in [0.05, 0.1) is 5.71 Å². The third-order valence-corrected chi connectivity index (χ3v) is 3.69. The predicted octanol–water partition coefficient (Wildman–Crippen LogP) is 2.77. The minimum absolute atomic E-state index is 0.0367. The van der Waals surface area contributed by atoms with E-state index in [1.807, 2.05) is 27.7 Å². The summed E-state index contributed by atoms with van der Waals surface area (Å²) in [7, 11) is 0. The summed E-state index contributed by atoms with van der Waals surface area (Å²) >= 11 is 1.52. The highest BCUT2D eigenvalue weighted by Gasteiger charge is 2.32. The van der Waals surface area contributed by atoms with Crippen LogP contribution in [0.15, 0.2) is 10.1 Å². The Morgan fingerprint density at radius 3 is 2.76 bits per heavy atom. The fourth-order valence-corrected chi connectivity index (χ4v) is 2.30. The summed E-state index contributed by atoms with van der Waals surface area (Å²) in [6, 6.07) is 0.0367. The predicted molar refractivity (Wildman–Crippen MR) is 71.6 cm³/mol. The van der Waals surface area contributed by atoms with Crippen LogP contribution < -0.4 is 5.32 Å². The third kappa shape index (κ3) is 4.03. The van der Waals surface area contributed by atoms with Crippen molar-refractivity contribution in [3.05, 3.63) is 0 Å². The highest BCUT2D eigenvalue weighted by Crippen LogP contribution is 2.37. The van der Waals surface area contributed by atoms with Gasteiger partial charge in [0.1, 0.15) is 4.87 Å². The average molecular weight is 257 g/mol. The van der Waals surface area contributed by atoms with Gasteiger partial charge in [0.25, 0.3) is 0 Å². The lowest BCUT2D eigenvalue weighted by Crippen LogP contribution is -2.29. The number of hydrogen-bond acceptors (Lipinski definition) is 5. The maximum atomic E-state index is 11.3. The minimum Gasteiger partial charge on any atom is -0.317 e. The van der Waals surface area contributed by atoms with Gasteiger partial charge in [-0.15, -0.1) is 0 Å².